The molecule has 0 aliphatic carbocycles. The molecule has 3 aromatic rings. The van der Waals surface area contributed by atoms with Gasteiger partial charge in [-0.1, -0.05) is 35.9 Å². The van der Waals surface area contributed by atoms with Crippen molar-refractivity contribution >= 4 is 32.9 Å². The number of fused-ring (bicyclic) bond motifs is 1. The van der Waals surface area contributed by atoms with Gasteiger partial charge in [0, 0.05) is 16.8 Å². The number of thiol groups is 1. The fraction of sp³-hybridized carbons (Fsp3) is 0.0588. The highest BCUT2D eigenvalue weighted by Crippen LogP contribution is 2.30. The maximum atomic E-state index is 11.5. The number of hydrogen-bond acceptors (Lipinski definition) is 3. The molecule has 1 radical (unpaired) electrons. The molecular weight excluding hydrogens is 282 g/mol. The zero-order valence-corrected chi connectivity index (χ0v) is 12.4. The van der Waals surface area contributed by atoms with Crippen LogP contribution in [-0.2, 0) is 10.7 Å². The molecule has 0 aromatic heterocycles. The number of rotatable bonds is 3. The van der Waals surface area contributed by atoms with Crippen LogP contribution in [0.1, 0.15) is 5.56 Å². The zero-order valence-electron chi connectivity index (χ0n) is 11.5. The number of anilines is 2. The minimum atomic E-state index is -2.65. The second-order valence-electron chi connectivity index (χ2n) is 4.84. The van der Waals surface area contributed by atoms with Crippen LogP contribution in [0.5, 0.6) is 0 Å². The first-order chi connectivity index (χ1) is 10.1. The molecule has 0 saturated carbocycles. The van der Waals surface area contributed by atoms with E-state index in [4.69, 9.17) is 0 Å². The fourth-order valence-electron chi connectivity index (χ4n) is 2.29. The highest BCUT2D eigenvalue weighted by Gasteiger charge is 2.08. The summed E-state index contributed by atoms with van der Waals surface area (Å²) in [6, 6.07) is 19.9. The van der Waals surface area contributed by atoms with Crippen LogP contribution in [0, 0.1) is 13.0 Å². The van der Waals surface area contributed by atoms with E-state index < -0.39 is 10.7 Å². The molecule has 1 N–H and O–H groups in total. The molecule has 4 heteroatoms. The Labute approximate surface area is 125 Å². The van der Waals surface area contributed by atoms with Gasteiger partial charge in [0.15, 0.2) is 10.7 Å². The van der Waals surface area contributed by atoms with Gasteiger partial charge in [-0.15, -0.1) is 0 Å². The first kappa shape index (κ1) is 13.6. The summed E-state index contributed by atoms with van der Waals surface area (Å²) in [7, 11) is -2.65. The van der Waals surface area contributed by atoms with Crippen molar-refractivity contribution in [2.75, 3.05) is 5.32 Å². The largest absolute Gasteiger partial charge is 0.355 e. The molecule has 0 unspecified atom stereocenters. The molecule has 0 fully saturated rings. The van der Waals surface area contributed by atoms with Crippen molar-refractivity contribution in [2.45, 2.75) is 11.8 Å². The van der Waals surface area contributed by atoms with Gasteiger partial charge in [0.1, 0.15) is 0 Å². The van der Waals surface area contributed by atoms with Gasteiger partial charge in [-0.3, -0.25) is 0 Å². The minimum absolute atomic E-state index is 0.314. The number of aryl methyl sites for hydroxylation is 1. The lowest BCUT2D eigenvalue weighted by molar-refractivity contribution is 0.615. The van der Waals surface area contributed by atoms with Crippen molar-refractivity contribution in [2.24, 2.45) is 0 Å². The van der Waals surface area contributed by atoms with Gasteiger partial charge in [0.2, 0.25) is 0 Å². The van der Waals surface area contributed by atoms with Crippen LogP contribution in [0.3, 0.4) is 0 Å². The van der Waals surface area contributed by atoms with Crippen LogP contribution in [0.25, 0.3) is 10.8 Å². The van der Waals surface area contributed by atoms with E-state index in [0.29, 0.717) is 10.3 Å². The van der Waals surface area contributed by atoms with Gasteiger partial charge >= 0.3 is 0 Å². The maximum absolute atomic E-state index is 11.5. The Hall–Kier alpha value is -2.33. The zero-order chi connectivity index (χ0) is 14.8. The number of hydrogen-bond donors (Lipinski definition) is 2. The third-order valence-electron chi connectivity index (χ3n) is 3.33. The Balaban J connectivity index is 2.16. The molecule has 105 valence electrons. The Morgan fingerprint density at radius 3 is 2.48 bits per heavy atom. The summed E-state index contributed by atoms with van der Waals surface area (Å²) in [4.78, 5) is 0.314. The van der Waals surface area contributed by atoms with Gasteiger partial charge in [0.25, 0.3) is 0 Å². The highest BCUT2D eigenvalue weighted by molar-refractivity contribution is 7.72. The lowest BCUT2D eigenvalue weighted by Gasteiger charge is -2.11. The maximum Gasteiger partial charge on any atom is 0.168 e. The molecule has 3 rings (SSSR count). The molecule has 0 spiro atoms. The third kappa shape index (κ3) is 2.76. The van der Waals surface area contributed by atoms with Gasteiger partial charge in [-0.25, -0.2) is 8.42 Å². The predicted octanol–water partition coefficient (Wildman–Crippen LogP) is 3.66. The molecule has 0 amide bonds. The van der Waals surface area contributed by atoms with Crippen molar-refractivity contribution in [1.29, 1.82) is 0 Å². The molecule has 0 saturated heterocycles. The fourth-order valence-corrected chi connectivity index (χ4v) is 2.92. The van der Waals surface area contributed by atoms with Crippen LogP contribution in [-0.4, -0.2) is 8.42 Å². The van der Waals surface area contributed by atoms with Crippen molar-refractivity contribution in [3.05, 3.63) is 66.2 Å². The highest BCUT2D eigenvalue weighted by atomic mass is 32.2. The summed E-state index contributed by atoms with van der Waals surface area (Å²) in [5.41, 5.74) is 2.86. The van der Waals surface area contributed by atoms with Gasteiger partial charge in [-0.2, -0.15) is 0 Å². The van der Waals surface area contributed by atoms with E-state index >= 15 is 0 Å². The van der Waals surface area contributed by atoms with Gasteiger partial charge in [-0.05, 0) is 42.6 Å². The predicted molar refractivity (Wildman–Crippen MR) is 85.8 cm³/mol. The summed E-state index contributed by atoms with van der Waals surface area (Å²) in [6.45, 7) is 2.02. The Bertz CT molecular complexity index is 854. The second kappa shape index (κ2) is 5.58. The quantitative estimate of drug-likeness (QED) is 0.725. The van der Waals surface area contributed by atoms with Crippen molar-refractivity contribution in [1.82, 2.24) is 0 Å². The molecule has 0 bridgehead atoms. The molecule has 3 nitrogen and oxygen atoms in total. The molecule has 0 atom stereocenters. The lowest BCUT2D eigenvalue weighted by atomic mass is 10.1. The summed E-state index contributed by atoms with van der Waals surface area (Å²) < 4.78 is 22.9. The Kier molecular flexibility index (Phi) is 3.62. The van der Waals surface area contributed by atoms with E-state index in [-0.39, 0.29) is 0 Å². The lowest BCUT2D eigenvalue weighted by Crippen LogP contribution is -1.94. The minimum Gasteiger partial charge on any atom is -0.355 e. The van der Waals surface area contributed by atoms with Crippen molar-refractivity contribution in [3.8, 4) is 0 Å². The SMILES string of the molecule is Cc1ccc(Nc2cc[c]c3cccc([SH](=O)=O)c23)cc1. The summed E-state index contributed by atoms with van der Waals surface area (Å²) in [5.74, 6) is 0. The normalized spacial score (nSPS) is 11.0. The van der Waals surface area contributed by atoms with E-state index in [1.54, 1.807) is 18.2 Å². The second-order valence-corrected chi connectivity index (χ2v) is 5.84. The van der Waals surface area contributed by atoms with E-state index in [0.717, 1.165) is 16.8 Å². The molecule has 0 heterocycles. The van der Waals surface area contributed by atoms with Crippen LogP contribution in [0.15, 0.2) is 59.5 Å². The average Bonchev–Trinajstić information content (AvgIpc) is 2.49. The molecule has 0 aliphatic heterocycles. The average molecular weight is 296 g/mol. The Morgan fingerprint density at radius 1 is 1.00 bits per heavy atom. The van der Waals surface area contributed by atoms with Crippen LogP contribution in [0.2, 0.25) is 0 Å². The van der Waals surface area contributed by atoms with E-state index in [2.05, 4.69) is 11.4 Å². The van der Waals surface area contributed by atoms with E-state index in [1.165, 1.54) is 5.56 Å². The molecule has 0 aliphatic rings. The number of benzene rings is 3. The van der Waals surface area contributed by atoms with Gasteiger partial charge in [0.05, 0.1) is 4.90 Å². The summed E-state index contributed by atoms with van der Waals surface area (Å²) in [6.07, 6.45) is 0. The van der Waals surface area contributed by atoms with Crippen molar-refractivity contribution in [3.63, 3.8) is 0 Å². The van der Waals surface area contributed by atoms with E-state index in [9.17, 15) is 8.42 Å². The first-order valence-electron chi connectivity index (χ1n) is 6.56. The number of nitrogens with one attached hydrogen (secondary N) is 1. The first-order valence-corrected chi connectivity index (χ1v) is 7.74. The van der Waals surface area contributed by atoms with Crippen LogP contribution >= 0.6 is 0 Å². The topological polar surface area (TPSA) is 46.2 Å². The summed E-state index contributed by atoms with van der Waals surface area (Å²) >= 11 is 0. The smallest absolute Gasteiger partial charge is 0.168 e. The third-order valence-corrected chi connectivity index (χ3v) is 4.09. The van der Waals surface area contributed by atoms with Crippen molar-refractivity contribution < 1.29 is 8.42 Å². The molecule has 3 aromatic carbocycles. The van der Waals surface area contributed by atoms with Crippen LogP contribution in [0.4, 0.5) is 11.4 Å². The molecular formula is C17H14NO2S. The molecule has 21 heavy (non-hydrogen) atoms. The monoisotopic (exact) mass is 296 g/mol. The standard InChI is InChI=1S/C17H14NO2S/c1-12-8-10-14(11-9-12)18-15-6-2-4-13-5-3-7-16(17(13)15)21(19)20/h2-3,5-11,18,21H,1H3. The summed E-state index contributed by atoms with van der Waals surface area (Å²) in [5, 5.41) is 4.74. The van der Waals surface area contributed by atoms with Gasteiger partial charge < -0.3 is 5.32 Å². The Morgan fingerprint density at radius 2 is 1.76 bits per heavy atom. The van der Waals surface area contributed by atoms with E-state index in [1.807, 2.05) is 43.3 Å². The van der Waals surface area contributed by atoms with Crippen LogP contribution < -0.4 is 5.32 Å².